The predicted molar refractivity (Wildman–Crippen MR) is 88.0 cm³/mol. The second kappa shape index (κ2) is 5.93. The molecule has 4 heteroatoms. The maximum absolute atomic E-state index is 12.1. The van der Waals surface area contributed by atoms with Crippen molar-refractivity contribution in [3.63, 3.8) is 0 Å². The molecule has 22 heavy (non-hydrogen) atoms. The summed E-state index contributed by atoms with van der Waals surface area (Å²) in [6.07, 6.45) is 0. The Bertz CT molecular complexity index is 807. The Morgan fingerprint density at radius 1 is 1.05 bits per heavy atom. The Balaban J connectivity index is 1.67. The van der Waals surface area contributed by atoms with Gasteiger partial charge in [0.2, 0.25) is 0 Å². The van der Waals surface area contributed by atoms with E-state index in [0.29, 0.717) is 0 Å². The summed E-state index contributed by atoms with van der Waals surface area (Å²) in [5.41, 5.74) is 0.763. The van der Waals surface area contributed by atoms with Gasteiger partial charge in [0.25, 0.3) is 0 Å². The number of carbonyl (C=O) groups excluding carboxylic acids is 1. The van der Waals surface area contributed by atoms with E-state index in [-0.39, 0.29) is 12.1 Å². The van der Waals surface area contributed by atoms with Crippen LogP contribution in [0.3, 0.4) is 0 Å². The normalized spacial score (nSPS) is 12.1. The van der Waals surface area contributed by atoms with E-state index in [1.807, 2.05) is 68.4 Å². The van der Waals surface area contributed by atoms with E-state index in [1.165, 1.54) is 0 Å². The van der Waals surface area contributed by atoms with Gasteiger partial charge in [-0.3, -0.25) is 0 Å². The average Bonchev–Trinajstić information content (AvgIpc) is 2.94. The Morgan fingerprint density at radius 3 is 2.55 bits per heavy atom. The first-order chi connectivity index (χ1) is 10.6. The largest absolute Gasteiger partial charge is 0.464 e. The summed E-state index contributed by atoms with van der Waals surface area (Å²) in [4.78, 5) is 12.1. The molecule has 0 radical (unpaired) electrons. The molecule has 0 aliphatic heterocycles. The second-order valence-corrected chi connectivity index (χ2v) is 5.33. The van der Waals surface area contributed by atoms with Crippen LogP contribution in [0.4, 0.5) is 10.5 Å². The Labute approximate surface area is 129 Å². The Hall–Kier alpha value is -2.75. The topological polar surface area (TPSA) is 54.3 Å². The minimum absolute atomic E-state index is 0.186. The molecule has 1 heterocycles. The third kappa shape index (κ3) is 3.11. The minimum atomic E-state index is -0.253. The van der Waals surface area contributed by atoms with Crippen molar-refractivity contribution < 1.29 is 9.21 Å². The van der Waals surface area contributed by atoms with Gasteiger partial charge in [-0.2, -0.15) is 0 Å². The molecule has 0 aliphatic carbocycles. The SMILES string of the molecule is Cc1ccc(C(C)NC(=O)Nc2ccc3ccccc3c2)o1. The van der Waals surface area contributed by atoms with Crippen LogP contribution in [-0.2, 0) is 0 Å². The van der Waals surface area contributed by atoms with Gasteiger partial charge in [-0.05, 0) is 48.9 Å². The van der Waals surface area contributed by atoms with Crippen LogP contribution < -0.4 is 10.6 Å². The number of anilines is 1. The summed E-state index contributed by atoms with van der Waals surface area (Å²) in [6.45, 7) is 3.77. The molecule has 112 valence electrons. The van der Waals surface area contributed by atoms with E-state index in [9.17, 15) is 4.79 Å². The first-order valence-electron chi connectivity index (χ1n) is 7.24. The summed E-state index contributed by atoms with van der Waals surface area (Å²) in [7, 11) is 0. The number of fused-ring (bicyclic) bond motifs is 1. The third-order valence-electron chi connectivity index (χ3n) is 3.54. The number of hydrogen-bond acceptors (Lipinski definition) is 2. The lowest BCUT2D eigenvalue weighted by Crippen LogP contribution is -2.30. The summed E-state index contributed by atoms with van der Waals surface area (Å²) in [5, 5.41) is 7.95. The van der Waals surface area contributed by atoms with Gasteiger partial charge in [-0.15, -0.1) is 0 Å². The minimum Gasteiger partial charge on any atom is -0.464 e. The van der Waals surface area contributed by atoms with Crippen LogP contribution in [0.1, 0.15) is 24.5 Å². The number of benzene rings is 2. The van der Waals surface area contributed by atoms with E-state index in [1.54, 1.807) is 0 Å². The molecule has 2 amide bonds. The van der Waals surface area contributed by atoms with Crippen LogP contribution in [0.25, 0.3) is 10.8 Å². The number of nitrogens with one attached hydrogen (secondary N) is 2. The number of urea groups is 1. The third-order valence-corrected chi connectivity index (χ3v) is 3.54. The second-order valence-electron chi connectivity index (χ2n) is 5.33. The molecule has 0 saturated heterocycles. The first-order valence-corrected chi connectivity index (χ1v) is 7.24. The van der Waals surface area contributed by atoms with Crippen molar-refractivity contribution in [2.75, 3.05) is 5.32 Å². The fourth-order valence-electron chi connectivity index (χ4n) is 2.39. The lowest BCUT2D eigenvalue weighted by atomic mass is 10.1. The standard InChI is InChI=1S/C18H18N2O2/c1-12-7-10-17(22-12)13(2)19-18(21)20-16-9-8-14-5-3-4-6-15(14)11-16/h3-11,13H,1-2H3,(H2,19,20,21). The van der Waals surface area contributed by atoms with E-state index >= 15 is 0 Å². The molecule has 0 spiro atoms. The highest BCUT2D eigenvalue weighted by Crippen LogP contribution is 2.19. The molecule has 0 aliphatic rings. The van der Waals surface area contributed by atoms with Crippen LogP contribution in [0.15, 0.2) is 59.0 Å². The van der Waals surface area contributed by atoms with Crippen LogP contribution >= 0.6 is 0 Å². The van der Waals surface area contributed by atoms with Crippen LogP contribution in [0, 0.1) is 6.92 Å². The Morgan fingerprint density at radius 2 is 1.82 bits per heavy atom. The molecule has 0 fully saturated rings. The number of aryl methyl sites for hydroxylation is 1. The van der Waals surface area contributed by atoms with E-state index in [0.717, 1.165) is 28.0 Å². The van der Waals surface area contributed by atoms with Crippen molar-refractivity contribution in [3.05, 3.63) is 66.1 Å². The quantitative estimate of drug-likeness (QED) is 0.740. The number of amides is 2. The highest BCUT2D eigenvalue weighted by atomic mass is 16.3. The zero-order valence-electron chi connectivity index (χ0n) is 12.6. The molecule has 1 aromatic heterocycles. The van der Waals surface area contributed by atoms with Gasteiger partial charge >= 0.3 is 6.03 Å². The van der Waals surface area contributed by atoms with Gasteiger partial charge in [0, 0.05) is 5.69 Å². The summed E-state index contributed by atoms with van der Waals surface area (Å²) >= 11 is 0. The van der Waals surface area contributed by atoms with Crippen LogP contribution in [0.5, 0.6) is 0 Å². The van der Waals surface area contributed by atoms with Crippen molar-refractivity contribution in [1.82, 2.24) is 5.32 Å². The Kier molecular flexibility index (Phi) is 3.83. The highest BCUT2D eigenvalue weighted by Gasteiger charge is 2.12. The van der Waals surface area contributed by atoms with Crippen molar-refractivity contribution in [2.45, 2.75) is 19.9 Å². The van der Waals surface area contributed by atoms with Crippen molar-refractivity contribution in [2.24, 2.45) is 0 Å². The molecule has 0 saturated carbocycles. The number of hydrogen-bond donors (Lipinski definition) is 2. The van der Waals surface area contributed by atoms with Gasteiger partial charge < -0.3 is 15.1 Å². The number of carbonyl (C=O) groups is 1. The molecule has 1 unspecified atom stereocenters. The summed E-state index contributed by atoms with van der Waals surface area (Å²) < 4.78 is 5.51. The molecule has 4 nitrogen and oxygen atoms in total. The molecular formula is C18H18N2O2. The van der Waals surface area contributed by atoms with Gasteiger partial charge in [0.15, 0.2) is 0 Å². The fourth-order valence-corrected chi connectivity index (χ4v) is 2.39. The number of rotatable bonds is 3. The van der Waals surface area contributed by atoms with Crippen LogP contribution in [0.2, 0.25) is 0 Å². The highest BCUT2D eigenvalue weighted by molar-refractivity contribution is 5.93. The lowest BCUT2D eigenvalue weighted by molar-refractivity contribution is 0.247. The smallest absolute Gasteiger partial charge is 0.319 e. The van der Waals surface area contributed by atoms with Crippen molar-refractivity contribution >= 4 is 22.5 Å². The average molecular weight is 294 g/mol. The zero-order chi connectivity index (χ0) is 15.5. The molecule has 1 atom stereocenters. The molecule has 0 bridgehead atoms. The van der Waals surface area contributed by atoms with Crippen molar-refractivity contribution in [1.29, 1.82) is 0 Å². The van der Waals surface area contributed by atoms with E-state index < -0.39 is 0 Å². The van der Waals surface area contributed by atoms with E-state index in [2.05, 4.69) is 10.6 Å². The molecule has 3 aromatic rings. The molecule has 2 N–H and O–H groups in total. The lowest BCUT2D eigenvalue weighted by Gasteiger charge is -2.13. The monoisotopic (exact) mass is 294 g/mol. The van der Waals surface area contributed by atoms with E-state index in [4.69, 9.17) is 4.42 Å². The van der Waals surface area contributed by atoms with Crippen LogP contribution in [-0.4, -0.2) is 6.03 Å². The molecule has 3 rings (SSSR count). The maximum atomic E-state index is 12.1. The molecular weight excluding hydrogens is 276 g/mol. The van der Waals surface area contributed by atoms with Gasteiger partial charge in [-0.1, -0.05) is 30.3 Å². The zero-order valence-corrected chi connectivity index (χ0v) is 12.6. The first kappa shape index (κ1) is 14.2. The maximum Gasteiger partial charge on any atom is 0.319 e. The van der Waals surface area contributed by atoms with Gasteiger partial charge in [0.1, 0.15) is 11.5 Å². The van der Waals surface area contributed by atoms with Crippen molar-refractivity contribution in [3.8, 4) is 0 Å². The molecule has 2 aromatic carbocycles. The fraction of sp³-hybridized carbons (Fsp3) is 0.167. The van der Waals surface area contributed by atoms with Gasteiger partial charge in [-0.25, -0.2) is 4.79 Å². The number of furan rings is 1. The van der Waals surface area contributed by atoms with Gasteiger partial charge in [0.05, 0.1) is 6.04 Å². The summed E-state index contributed by atoms with van der Waals surface area (Å²) in [5.74, 6) is 1.57. The summed E-state index contributed by atoms with van der Waals surface area (Å²) in [6, 6.07) is 17.2. The predicted octanol–water partition coefficient (Wildman–Crippen LogP) is 4.62.